The molecule has 0 aliphatic heterocycles. The predicted octanol–water partition coefficient (Wildman–Crippen LogP) is 2.11. The van der Waals surface area contributed by atoms with Gasteiger partial charge in [0.15, 0.2) is 11.5 Å². The van der Waals surface area contributed by atoms with E-state index in [1.807, 2.05) is 30.3 Å². The van der Waals surface area contributed by atoms with Crippen LogP contribution in [0.3, 0.4) is 0 Å². The van der Waals surface area contributed by atoms with Crippen molar-refractivity contribution in [3.05, 3.63) is 59.7 Å². The van der Waals surface area contributed by atoms with Crippen LogP contribution in [0.25, 0.3) is 0 Å². The number of ether oxygens (including phenoxy) is 2. The van der Waals surface area contributed by atoms with Crippen LogP contribution in [0.5, 0.6) is 11.5 Å². The Balaban J connectivity index is 1.77. The number of aliphatic hydroxyl groups is 2. The summed E-state index contributed by atoms with van der Waals surface area (Å²) in [5, 5.41) is 32.8. The van der Waals surface area contributed by atoms with Gasteiger partial charge in [0, 0.05) is 12.1 Å². The van der Waals surface area contributed by atoms with E-state index in [9.17, 15) is 20.1 Å². The lowest BCUT2D eigenvalue weighted by atomic mass is 10.0. The van der Waals surface area contributed by atoms with Crippen LogP contribution in [0.15, 0.2) is 48.5 Å². The van der Waals surface area contributed by atoms with E-state index in [0.29, 0.717) is 0 Å². The maximum Gasteiger partial charge on any atom is 0.407 e. The number of phenolic OH excluding ortho intramolecular Hbond substituents is 1. The lowest BCUT2D eigenvalue weighted by Crippen LogP contribution is -2.29. The van der Waals surface area contributed by atoms with Crippen molar-refractivity contribution in [1.82, 2.24) is 5.32 Å². The number of carbonyl (C=O) groups is 1. The minimum atomic E-state index is -1.31. The second-order valence-electron chi connectivity index (χ2n) is 5.69. The number of phenols is 1. The maximum atomic E-state index is 11.6. The van der Waals surface area contributed by atoms with Crippen LogP contribution in [0.4, 0.5) is 4.79 Å². The van der Waals surface area contributed by atoms with Crippen LogP contribution < -0.4 is 10.1 Å². The Morgan fingerprint density at radius 1 is 1.12 bits per heavy atom. The molecule has 0 aliphatic rings. The van der Waals surface area contributed by atoms with Crippen LogP contribution in [0, 0.1) is 0 Å². The summed E-state index contributed by atoms with van der Waals surface area (Å²) in [7, 11) is 1.40. The van der Waals surface area contributed by atoms with Crippen LogP contribution in [-0.4, -0.2) is 41.2 Å². The molecule has 2 aromatic carbocycles. The van der Waals surface area contributed by atoms with E-state index in [1.54, 1.807) is 12.1 Å². The van der Waals surface area contributed by atoms with Gasteiger partial charge in [-0.3, -0.25) is 0 Å². The van der Waals surface area contributed by atoms with Gasteiger partial charge in [-0.1, -0.05) is 42.5 Å². The maximum absolute atomic E-state index is 11.6. The number of alkyl carbamates (subject to hydrolysis) is 1. The van der Waals surface area contributed by atoms with Gasteiger partial charge in [-0.2, -0.15) is 0 Å². The van der Waals surface area contributed by atoms with Gasteiger partial charge in [0.25, 0.3) is 0 Å². The molecule has 2 unspecified atom stereocenters. The quantitative estimate of drug-likeness (QED) is 0.573. The Kier molecular flexibility index (Phi) is 7.25. The molecule has 7 nitrogen and oxygen atoms in total. The molecule has 1 amide bonds. The standard InChI is InChI=1S/C19H23NO6/c1-25-16-9-5-8-14(18(16)23)17(22)15(21)10-11-20-19(24)26-12-13-6-3-2-4-7-13/h2-9,15,17,21-23H,10-12H2,1H3,(H,20,24). The predicted molar refractivity (Wildman–Crippen MR) is 94.9 cm³/mol. The summed E-state index contributed by atoms with van der Waals surface area (Å²) in [6, 6.07) is 13.9. The number of methoxy groups -OCH3 is 1. The van der Waals surface area contributed by atoms with Crippen LogP contribution in [0.1, 0.15) is 23.7 Å². The van der Waals surface area contributed by atoms with Crippen molar-refractivity contribution in [3.63, 3.8) is 0 Å². The van der Waals surface area contributed by atoms with Gasteiger partial charge in [-0.15, -0.1) is 0 Å². The van der Waals surface area contributed by atoms with Crippen LogP contribution in [0.2, 0.25) is 0 Å². The number of rotatable bonds is 8. The highest BCUT2D eigenvalue weighted by atomic mass is 16.5. The molecule has 0 bridgehead atoms. The van der Waals surface area contributed by atoms with Gasteiger partial charge < -0.3 is 30.1 Å². The first kappa shape index (κ1) is 19.6. The Morgan fingerprint density at radius 3 is 2.54 bits per heavy atom. The van der Waals surface area contributed by atoms with Gasteiger partial charge in [0.05, 0.1) is 13.2 Å². The summed E-state index contributed by atoms with van der Waals surface area (Å²) in [6.45, 7) is 0.256. The number of aliphatic hydroxyl groups excluding tert-OH is 2. The van der Waals surface area contributed by atoms with E-state index in [4.69, 9.17) is 9.47 Å². The molecule has 7 heteroatoms. The van der Waals surface area contributed by atoms with Gasteiger partial charge in [0.2, 0.25) is 0 Å². The number of aromatic hydroxyl groups is 1. The van der Waals surface area contributed by atoms with Crippen LogP contribution in [-0.2, 0) is 11.3 Å². The van der Waals surface area contributed by atoms with Gasteiger partial charge in [-0.25, -0.2) is 4.79 Å². The molecular formula is C19H23NO6. The smallest absolute Gasteiger partial charge is 0.407 e. The third-order valence-electron chi connectivity index (χ3n) is 3.86. The van der Waals surface area contributed by atoms with Crippen molar-refractivity contribution in [2.24, 2.45) is 0 Å². The second-order valence-corrected chi connectivity index (χ2v) is 5.69. The first-order valence-corrected chi connectivity index (χ1v) is 8.19. The molecule has 0 spiro atoms. The average molecular weight is 361 g/mol. The molecule has 0 saturated heterocycles. The highest BCUT2D eigenvalue weighted by Crippen LogP contribution is 2.35. The van der Waals surface area contributed by atoms with E-state index < -0.39 is 18.3 Å². The molecule has 2 aromatic rings. The molecule has 26 heavy (non-hydrogen) atoms. The zero-order valence-corrected chi connectivity index (χ0v) is 14.5. The van der Waals surface area contributed by atoms with Crippen molar-refractivity contribution >= 4 is 6.09 Å². The highest BCUT2D eigenvalue weighted by molar-refractivity contribution is 5.67. The fraction of sp³-hybridized carbons (Fsp3) is 0.316. The largest absolute Gasteiger partial charge is 0.504 e. The minimum absolute atomic E-state index is 0.0816. The molecular weight excluding hydrogens is 338 g/mol. The highest BCUT2D eigenvalue weighted by Gasteiger charge is 2.23. The number of para-hydroxylation sites is 1. The van der Waals surface area contributed by atoms with Gasteiger partial charge >= 0.3 is 6.09 Å². The lowest BCUT2D eigenvalue weighted by molar-refractivity contribution is 0.0122. The van der Waals surface area contributed by atoms with Crippen molar-refractivity contribution < 1.29 is 29.6 Å². The minimum Gasteiger partial charge on any atom is -0.504 e. The third kappa shape index (κ3) is 5.37. The number of benzene rings is 2. The zero-order valence-electron chi connectivity index (χ0n) is 14.5. The molecule has 0 aromatic heterocycles. The topological polar surface area (TPSA) is 108 Å². The summed E-state index contributed by atoms with van der Waals surface area (Å²) < 4.78 is 10.0. The van der Waals surface area contributed by atoms with Crippen molar-refractivity contribution in [3.8, 4) is 11.5 Å². The molecule has 2 rings (SSSR count). The van der Waals surface area contributed by atoms with E-state index in [-0.39, 0.29) is 36.6 Å². The molecule has 0 saturated carbocycles. The molecule has 0 aliphatic carbocycles. The number of nitrogens with one attached hydrogen (secondary N) is 1. The first-order valence-electron chi connectivity index (χ1n) is 8.19. The number of amides is 1. The van der Waals surface area contributed by atoms with E-state index in [2.05, 4.69) is 5.32 Å². The molecule has 0 radical (unpaired) electrons. The first-order chi connectivity index (χ1) is 12.5. The van der Waals surface area contributed by atoms with Gasteiger partial charge in [0.1, 0.15) is 12.7 Å². The molecule has 4 N–H and O–H groups in total. The molecule has 140 valence electrons. The number of carbonyl (C=O) groups excluding carboxylic acids is 1. The Morgan fingerprint density at radius 2 is 1.85 bits per heavy atom. The van der Waals surface area contributed by atoms with Crippen molar-refractivity contribution in [2.45, 2.75) is 25.2 Å². The summed E-state index contributed by atoms with van der Waals surface area (Å²) in [5.74, 6) is -0.0202. The van der Waals surface area contributed by atoms with E-state index in [1.165, 1.54) is 13.2 Å². The number of hydrogen-bond acceptors (Lipinski definition) is 6. The normalized spacial score (nSPS) is 12.9. The number of hydrogen-bond donors (Lipinski definition) is 4. The average Bonchev–Trinajstić information content (AvgIpc) is 2.66. The molecule has 0 fully saturated rings. The summed E-state index contributed by atoms with van der Waals surface area (Å²) in [5.41, 5.74) is 1.02. The Bertz CT molecular complexity index is 706. The fourth-order valence-electron chi connectivity index (χ4n) is 2.40. The SMILES string of the molecule is COc1cccc(C(O)C(O)CCNC(=O)OCc2ccccc2)c1O. The van der Waals surface area contributed by atoms with Crippen molar-refractivity contribution in [1.29, 1.82) is 0 Å². The fourth-order valence-corrected chi connectivity index (χ4v) is 2.40. The van der Waals surface area contributed by atoms with E-state index >= 15 is 0 Å². The van der Waals surface area contributed by atoms with Crippen LogP contribution >= 0.6 is 0 Å². The van der Waals surface area contributed by atoms with Crippen molar-refractivity contribution in [2.75, 3.05) is 13.7 Å². The monoisotopic (exact) mass is 361 g/mol. The Labute approximate surface area is 151 Å². The lowest BCUT2D eigenvalue weighted by Gasteiger charge is -2.20. The molecule has 0 heterocycles. The van der Waals surface area contributed by atoms with Gasteiger partial charge in [-0.05, 0) is 18.1 Å². The molecule has 2 atom stereocenters. The summed E-state index contributed by atoms with van der Waals surface area (Å²) in [6.07, 6.45) is -3.02. The zero-order chi connectivity index (χ0) is 18.9. The third-order valence-corrected chi connectivity index (χ3v) is 3.86. The Hall–Kier alpha value is -2.77. The van der Waals surface area contributed by atoms with E-state index in [0.717, 1.165) is 5.56 Å². The summed E-state index contributed by atoms with van der Waals surface area (Å²) >= 11 is 0. The second kappa shape index (κ2) is 9.65. The summed E-state index contributed by atoms with van der Waals surface area (Å²) in [4.78, 5) is 11.6.